The molecule has 0 spiro atoms. The fraction of sp³-hybridized carbons (Fsp3) is 0.273. The van der Waals surface area contributed by atoms with Crippen LogP contribution < -0.4 is 10.9 Å². The number of aromatic amines is 2. The Labute approximate surface area is 96.0 Å². The first-order valence-electron chi connectivity index (χ1n) is 5.31. The molecule has 1 amide bonds. The Morgan fingerprint density at radius 1 is 1.41 bits per heavy atom. The van der Waals surface area contributed by atoms with E-state index in [0.717, 1.165) is 12.5 Å². The smallest absolute Gasteiger partial charge is 0.274 e. The van der Waals surface area contributed by atoms with Crippen LogP contribution in [0.25, 0.3) is 10.9 Å². The molecule has 0 saturated carbocycles. The van der Waals surface area contributed by atoms with Crippen LogP contribution in [0.4, 0.5) is 10.1 Å². The predicted molar refractivity (Wildman–Crippen MR) is 62.4 cm³/mol. The maximum Gasteiger partial charge on any atom is 0.274 e. The van der Waals surface area contributed by atoms with Gasteiger partial charge >= 0.3 is 0 Å². The third kappa shape index (κ3) is 2.20. The minimum atomic E-state index is -0.656. The number of nitrogens with one attached hydrogen (secondary N) is 3. The number of carbonyl (C=O) groups excluding carboxylic acids is 1. The van der Waals surface area contributed by atoms with Gasteiger partial charge in [-0.15, -0.1) is 0 Å². The number of carbonyl (C=O) groups is 1. The fourth-order valence-corrected chi connectivity index (χ4v) is 1.65. The Morgan fingerprint density at radius 3 is 2.88 bits per heavy atom. The second kappa shape index (κ2) is 4.40. The van der Waals surface area contributed by atoms with E-state index in [1.165, 1.54) is 6.07 Å². The second-order valence-electron chi connectivity index (χ2n) is 3.76. The molecule has 2 rings (SSSR count). The third-order valence-corrected chi connectivity index (χ3v) is 2.39. The van der Waals surface area contributed by atoms with Crippen molar-refractivity contribution in [3.05, 3.63) is 28.3 Å². The number of amides is 1. The molecule has 0 aliphatic carbocycles. The van der Waals surface area contributed by atoms with E-state index in [0.29, 0.717) is 17.6 Å². The summed E-state index contributed by atoms with van der Waals surface area (Å²) < 4.78 is 13.6. The zero-order valence-electron chi connectivity index (χ0n) is 9.26. The largest absolute Gasteiger partial charge is 0.326 e. The highest BCUT2D eigenvalue weighted by atomic mass is 19.1. The Balaban J connectivity index is 2.37. The molecule has 90 valence electrons. The molecule has 1 aromatic carbocycles. The summed E-state index contributed by atoms with van der Waals surface area (Å²) in [6.45, 7) is 1.88. The first-order chi connectivity index (χ1) is 8.11. The van der Waals surface area contributed by atoms with Crippen LogP contribution in [0.2, 0.25) is 0 Å². The molecular weight excluding hydrogens is 225 g/mol. The molecule has 0 aliphatic heterocycles. The van der Waals surface area contributed by atoms with E-state index < -0.39 is 11.4 Å². The summed E-state index contributed by atoms with van der Waals surface area (Å²) in [5.74, 6) is -0.832. The summed E-state index contributed by atoms with van der Waals surface area (Å²) in [5, 5.41) is 7.38. The van der Waals surface area contributed by atoms with E-state index in [1.807, 2.05) is 6.92 Å². The SMILES string of the molecule is CCCC(=O)Nc1cc(F)c2c(=O)[nH][nH]c2c1. The van der Waals surface area contributed by atoms with Gasteiger partial charge in [0.15, 0.2) is 0 Å². The zero-order chi connectivity index (χ0) is 12.4. The first-order valence-corrected chi connectivity index (χ1v) is 5.31. The number of benzene rings is 1. The van der Waals surface area contributed by atoms with Crippen LogP contribution in [-0.4, -0.2) is 16.1 Å². The fourth-order valence-electron chi connectivity index (χ4n) is 1.65. The number of hydrogen-bond donors (Lipinski definition) is 3. The summed E-state index contributed by atoms with van der Waals surface area (Å²) in [4.78, 5) is 22.6. The van der Waals surface area contributed by atoms with Crippen LogP contribution in [0.1, 0.15) is 19.8 Å². The summed E-state index contributed by atoms with van der Waals surface area (Å²) in [6, 6.07) is 2.66. The van der Waals surface area contributed by atoms with E-state index in [2.05, 4.69) is 15.5 Å². The molecule has 1 heterocycles. The summed E-state index contributed by atoms with van der Waals surface area (Å²) in [5.41, 5.74) is 0.162. The van der Waals surface area contributed by atoms with E-state index in [4.69, 9.17) is 0 Å². The lowest BCUT2D eigenvalue weighted by Crippen LogP contribution is -2.11. The number of anilines is 1. The van der Waals surface area contributed by atoms with Crippen molar-refractivity contribution >= 4 is 22.5 Å². The van der Waals surface area contributed by atoms with Gasteiger partial charge in [0.2, 0.25) is 5.91 Å². The van der Waals surface area contributed by atoms with Gasteiger partial charge in [0, 0.05) is 12.1 Å². The van der Waals surface area contributed by atoms with Crippen molar-refractivity contribution in [2.24, 2.45) is 0 Å². The van der Waals surface area contributed by atoms with Crippen LogP contribution in [0.5, 0.6) is 0 Å². The van der Waals surface area contributed by atoms with E-state index >= 15 is 0 Å². The standard InChI is InChI=1S/C11H12FN3O2/c1-2-3-9(16)13-6-4-7(12)10-8(5-6)14-15-11(10)17/h4-5H,2-3H2,1H3,(H,13,16)(H2,14,15,17). The van der Waals surface area contributed by atoms with E-state index in [9.17, 15) is 14.0 Å². The quantitative estimate of drug-likeness (QED) is 0.760. The normalized spacial score (nSPS) is 10.7. The van der Waals surface area contributed by atoms with Crippen molar-refractivity contribution in [3.63, 3.8) is 0 Å². The Bertz CT molecular complexity index is 615. The topological polar surface area (TPSA) is 77.8 Å². The van der Waals surface area contributed by atoms with E-state index in [1.54, 1.807) is 0 Å². The van der Waals surface area contributed by atoms with Crippen LogP contribution >= 0.6 is 0 Å². The van der Waals surface area contributed by atoms with Gasteiger partial charge in [-0.2, -0.15) is 0 Å². The number of hydrogen-bond acceptors (Lipinski definition) is 2. The lowest BCUT2D eigenvalue weighted by molar-refractivity contribution is -0.116. The molecule has 0 radical (unpaired) electrons. The van der Waals surface area contributed by atoms with E-state index in [-0.39, 0.29) is 11.3 Å². The number of H-pyrrole nitrogens is 2. The predicted octanol–water partition coefficient (Wildman–Crippen LogP) is 1.73. The molecule has 6 heteroatoms. The van der Waals surface area contributed by atoms with Crippen LogP contribution in [-0.2, 0) is 4.79 Å². The maximum absolute atomic E-state index is 13.6. The van der Waals surface area contributed by atoms with Crippen molar-refractivity contribution in [2.75, 3.05) is 5.32 Å². The molecule has 0 saturated heterocycles. The van der Waals surface area contributed by atoms with Gasteiger partial charge in [-0.25, -0.2) is 4.39 Å². The second-order valence-corrected chi connectivity index (χ2v) is 3.76. The van der Waals surface area contributed by atoms with Gasteiger partial charge in [0.25, 0.3) is 5.56 Å². The molecule has 2 aromatic rings. The molecule has 0 aliphatic rings. The Kier molecular flexibility index (Phi) is 2.95. The van der Waals surface area contributed by atoms with Gasteiger partial charge in [0.05, 0.1) is 5.52 Å². The molecule has 17 heavy (non-hydrogen) atoms. The Hall–Kier alpha value is -2.11. The zero-order valence-corrected chi connectivity index (χ0v) is 9.26. The molecule has 0 atom stereocenters. The molecular formula is C11H12FN3O2. The van der Waals surface area contributed by atoms with Gasteiger partial charge in [-0.1, -0.05) is 6.92 Å². The third-order valence-electron chi connectivity index (χ3n) is 2.39. The van der Waals surface area contributed by atoms with Gasteiger partial charge < -0.3 is 5.32 Å². The molecule has 3 N–H and O–H groups in total. The summed E-state index contributed by atoms with van der Waals surface area (Å²) >= 11 is 0. The monoisotopic (exact) mass is 237 g/mol. The van der Waals surface area contributed by atoms with Crippen molar-refractivity contribution in [2.45, 2.75) is 19.8 Å². The number of halogens is 1. The van der Waals surface area contributed by atoms with Crippen molar-refractivity contribution in [3.8, 4) is 0 Å². The lowest BCUT2D eigenvalue weighted by Gasteiger charge is -2.04. The Morgan fingerprint density at radius 2 is 2.18 bits per heavy atom. The van der Waals surface area contributed by atoms with Crippen LogP contribution in [0.15, 0.2) is 16.9 Å². The molecule has 0 fully saturated rings. The summed E-state index contributed by atoms with van der Waals surface area (Å²) in [7, 11) is 0. The highest BCUT2D eigenvalue weighted by Gasteiger charge is 2.10. The number of fused-ring (bicyclic) bond motifs is 1. The minimum Gasteiger partial charge on any atom is -0.326 e. The van der Waals surface area contributed by atoms with Gasteiger partial charge in [0.1, 0.15) is 11.2 Å². The van der Waals surface area contributed by atoms with Crippen molar-refractivity contribution in [1.82, 2.24) is 10.2 Å². The lowest BCUT2D eigenvalue weighted by atomic mass is 10.2. The van der Waals surface area contributed by atoms with Crippen LogP contribution in [0.3, 0.4) is 0 Å². The molecule has 1 aromatic heterocycles. The van der Waals surface area contributed by atoms with Crippen molar-refractivity contribution in [1.29, 1.82) is 0 Å². The van der Waals surface area contributed by atoms with Crippen LogP contribution in [0, 0.1) is 5.82 Å². The summed E-state index contributed by atoms with van der Waals surface area (Å²) in [6.07, 6.45) is 1.10. The average Bonchev–Trinajstić information content (AvgIpc) is 2.60. The molecule has 0 unspecified atom stereocenters. The number of rotatable bonds is 3. The minimum absolute atomic E-state index is 0.0292. The van der Waals surface area contributed by atoms with Gasteiger partial charge in [-0.3, -0.25) is 19.8 Å². The number of aromatic nitrogens is 2. The average molecular weight is 237 g/mol. The molecule has 0 bridgehead atoms. The highest BCUT2D eigenvalue weighted by molar-refractivity contribution is 5.93. The highest BCUT2D eigenvalue weighted by Crippen LogP contribution is 2.18. The first kappa shape index (κ1) is 11.4. The molecule has 5 nitrogen and oxygen atoms in total. The maximum atomic E-state index is 13.6. The van der Waals surface area contributed by atoms with Gasteiger partial charge in [-0.05, 0) is 18.6 Å². The van der Waals surface area contributed by atoms with Crippen molar-refractivity contribution < 1.29 is 9.18 Å².